The molecule has 0 spiro atoms. The van der Waals surface area contributed by atoms with Gasteiger partial charge in [0.1, 0.15) is 11.2 Å². The minimum atomic E-state index is -0.677. The molecular weight excluding hydrogens is 556 g/mol. The second kappa shape index (κ2) is 14.5. The highest BCUT2D eigenvalue weighted by Crippen LogP contribution is 2.38. The fraction of sp³-hybridized carbons (Fsp3) is 0.710. The van der Waals surface area contributed by atoms with Gasteiger partial charge in [0.05, 0.1) is 30.6 Å². The standard InChI is InChI=1S/C31H50N4O8/c1-30(2,3)42-28(38)33(7)12-9-13-35-14-11-21(24(36)20-35)19-32-27(37)23-17-22(34(8)29(39)43-31(4,5)6)18-25-26(23)41-16-10-15-40-25/h17-18,21,24,36H,9-16,19-20H2,1-8H3,(H,32,37)/t21-,24+/m0/s1. The number of hydrogen-bond acceptors (Lipinski definition) is 9. The lowest BCUT2D eigenvalue weighted by Crippen LogP contribution is -2.48. The van der Waals surface area contributed by atoms with Gasteiger partial charge in [0.15, 0.2) is 11.5 Å². The Morgan fingerprint density at radius 3 is 2.33 bits per heavy atom. The molecule has 2 aliphatic rings. The maximum Gasteiger partial charge on any atom is 0.414 e. The number of amides is 3. The third-order valence-corrected chi connectivity index (χ3v) is 7.13. The van der Waals surface area contributed by atoms with Crippen LogP contribution in [0.1, 0.15) is 71.2 Å². The zero-order valence-corrected chi connectivity index (χ0v) is 27.0. The van der Waals surface area contributed by atoms with Crippen LogP contribution in [0.25, 0.3) is 0 Å². The van der Waals surface area contributed by atoms with Gasteiger partial charge in [-0.3, -0.25) is 9.69 Å². The van der Waals surface area contributed by atoms with E-state index in [1.54, 1.807) is 51.9 Å². The summed E-state index contributed by atoms with van der Waals surface area (Å²) in [5.41, 5.74) is -0.519. The molecule has 1 aromatic rings. The van der Waals surface area contributed by atoms with Gasteiger partial charge >= 0.3 is 12.2 Å². The number of carbonyl (C=O) groups excluding carboxylic acids is 3. The van der Waals surface area contributed by atoms with Gasteiger partial charge in [-0.05, 0) is 73.5 Å². The largest absolute Gasteiger partial charge is 0.489 e. The first-order valence-electron chi connectivity index (χ1n) is 15.1. The molecule has 43 heavy (non-hydrogen) atoms. The summed E-state index contributed by atoms with van der Waals surface area (Å²) in [5.74, 6) is 0.235. The maximum absolute atomic E-state index is 13.4. The van der Waals surface area contributed by atoms with Crippen molar-refractivity contribution in [2.24, 2.45) is 5.92 Å². The molecule has 2 N–H and O–H groups in total. The van der Waals surface area contributed by atoms with Crippen LogP contribution in [-0.2, 0) is 9.47 Å². The van der Waals surface area contributed by atoms with Gasteiger partial charge in [-0.2, -0.15) is 0 Å². The van der Waals surface area contributed by atoms with Crippen LogP contribution < -0.4 is 19.7 Å². The molecule has 0 aliphatic carbocycles. The second-order valence-corrected chi connectivity index (χ2v) is 13.3. The lowest BCUT2D eigenvalue weighted by Gasteiger charge is -2.36. The third-order valence-electron chi connectivity index (χ3n) is 7.13. The summed E-state index contributed by atoms with van der Waals surface area (Å²) in [6, 6.07) is 3.27. The molecule has 3 amide bonds. The summed E-state index contributed by atoms with van der Waals surface area (Å²) in [7, 11) is 3.30. The summed E-state index contributed by atoms with van der Waals surface area (Å²) >= 11 is 0. The second-order valence-electron chi connectivity index (χ2n) is 13.3. The molecule has 12 heteroatoms. The molecule has 0 aromatic heterocycles. The maximum atomic E-state index is 13.4. The fourth-order valence-corrected chi connectivity index (χ4v) is 4.83. The van der Waals surface area contributed by atoms with E-state index in [1.807, 2.05) is 20.8 Å². The molecule has 0 bridgehead atoms. The molecule has 2 heterocycles. The Balaban J connectivity index is 1.57. The normalized spacial score (nSPS) is 19.2. The Morgan fingerprint density at radius 2 is 1.67 bits per heavy atom. The number of rotatable bonds is 8. The van der Waals surface area contributed by atoms with Gasteiger partial charge < -0.3 is 39.2 Å². The van der Waals surface area contributed by atoms with Crippen molar-refractivity contribution in [1.82, 2.24) is 15.1 Å². The number of β-amino-alcohol motifs (C(OH)–C–C–N with tert-alkyl or cyclic N) is 1. The van der Waals surface area contributed by atoms with Crippen molar-refractivity contribution >= 4 is 23.8 Å². The fourth-order valence-electron chi connectivity index (χ4n) is 4.83. The number of aliphatic hydroxyl groups is 1. The van der Waals surface area contributed by atoms with Crippen LogP contribution >= 0.6 is 0 Å². The topological polar surface area (TPSA) is 130 Å². The average molecular weight is 607 g/mol. The van der Waals surface area contributed by atoms with Gasteiger partial charge in [-0.15, -0.1) is 0 Å². The quantitative estimate of drug-likeness (QED) is 0.453. The molecule has 3 rings (SSSR count). The number of carbonyl (C=O) groups is 3. The number of nitrogens with one attached hydrogen (secondary N) is 1. The Kier molecular flexibility index (Phi) is 11.5. The van der Waals surface area contributed by atoms with Crippen LogP contribution in [0.5, 0.6) is 11.5 Å². The van der Waals surface area contributed by atoms with E-state index in [-0.39, 0.29) is 30.0 Å². The molecule has 2 atom stereocenters. The average Bonchev–Trinajstić information content (AvgIpc) is 3.15. The number of benzene rings is 1. The highest BCUT2D eigenvalue weighted by Gasteiger charge is 2.30. The zero-order chi connectivity index (χ0) is 31.9. The van der Waals surface area contributed by atoms with E-state index in [0.29, 0.717) is 56.3 Å². The van der Waals surface area contributed by atoms with E-state index < -0.39 is 23.4 Å². The highest BCUT2D eigenvalue weighted by molar-refractivity contribution is 6.00. The smallest absolute Gasteiger partial charge is 0.414 e. The number of anilines is 1. The van der Waals surface area contributed by atoms with E-state index >= 15 is 0 Å². The molecule has 0 unspecified atom stereocenters. The number of nitrogens with zero attached hydrogens (tertiary/aromatic N) is 3. The number of hydrogen-bond donors (Lipinski definition) is 2. The molecule has 12 nitrogen and oxygen atoms in total. The number of piperidine rings is 1. The van der Waals surface area contributed by atoms with Crippen LogP contribution in [0.15, 0.2) is 12.1 Å². The van der Waals surface area contributed by atoms with Crippen molar-refractivity contribution in [1.29, 1.82) is 0 Å². The predicted molar refractivity (Wildman–Crippen MR) is 163 cm³/mol. The molecule has 0 saturated carbocycles. The minimum Gasteiger partial charge on any atom is -0.489 e. The first-order chi connectivity index (χ1) is 20.0. The molecule has 1 aromatic carbocycles. The monoisotopic (exact) mass is 606 g/mol. The van der Waals surface area contributed by atoms with E-state index in [0.717, 1.165) is 19.5 Å². The van der Waals surface area contributed by atoms with Crippen molar-refractivity contribution in [2.75, 3.05) is 64.9 Å². The van der Waals surface area contributed by atoms with E-state index in [9.17, 15) is 19.5 Å². The highest BCUT2D eigenvalue weighted by atomic mass is 16.6. The molecule has 1 fully saturated rings. The van der Waals surface area contributed by atoms with E-state index in [1.165, 1.54) is 4.90 Å². The first kappa shape index (κ1) is 34.2. The van der Waals surface area contributed by atoms with Crippen molar-refractivity contribution in [2.45, 2.75) is 78.1 Å². The van der Waals surface area contributed by atoms with Gasteiger partial charge in [-0.1, -0.05) is 0 Å². The van der Waals surface area contributed by atoms with Crippen LogP contribution in [0, 0.1) is 5.92 Å². The zero-order valence-electron chi connectivity index (χ0n) is 27.0. The lowest BCUT2D eigenvalue weighted by molar-refractivity contribution is 0.0173. The van der Waals surface area contributed by atoms with E-state index in [4.69, 9.17) is 18.9 Å². The van der Waals surface area contributed by atoms with Gasteiger partial charge in [0, 0.05) is 52.1 Å². The number of likely N-dealkylation sites (tertiary alicyclic amines) is 1. The van der Waals surface area contributed by atoms with Crippen LogP contribution in [0.4, 0.5) is 15.3 Å². The molecule has 0 radical (unpaired) electrons. The van der Waals surface area contributed by atoms with Gasteiger partial charge in [-0.25, -0.2) is 9.59 Å². The SMILES string of the molecule is CN(CCCN1CC[C@@H](CNC(=O)c2cc(N(C)C(=O)OC(C)(C)C)cc3c2OCCCO3)[C@H](O)C1)C(=O)OC(C)(C)C. The van der Waals surface area contributed by atoms with Crippen molar-refractivity contribution in [3.05, 3.63) is 17.7 Å². The third kappa shape index (κ3) is 10.5. The predicted octanol–water partition coefficient (Wildman–Crippen LogP) is 3.89. The van der Waals surface area contributed by atoms with Crippen LogP contribution in [0.3, 0.4) is 0 Å². The number of aliphatic hydroxyl groups excluding tert-OH is 1. The summed E-state index contributed by atoms with van der Waals surface area (Å²) in [4.78, 5) is 43.4. The Morgan fingerprint density at radius 1 is 1.02 bits per heavy atom. The molecule has 2 aliphatic heterocycles. The molecule has 242 valence electrons. The number of ether oxygens (including phenoxy) is 4. The minimum absolute atomic E-state index is 0.118. The van der Waals surface area contributed by atoms with E-state index in [2.05, 4.69) is 10.2 Å². The molecule has 1 saturated heterocycles. The Hall–Kier alpha value is -3.25. The van der Waals surface area contributed by atoms with Crippen molar-refractivity contribution in [3.63, 3.8) is 0 Å². The van der Waals surface area contributed by atoms with Gasteiger partial charge in [0.2, 0.25) is 0 Å². The van der Waals surface area contributed by atoms with Gasteiger partial charge in [0.25, 0.3) is 5.91 Å². The van der Waals surface area contributed by atoms with Crippen LogP contribution in [-0.4, -0.2) is 110 Å². The Bertz CT molecular complexity index is 1130. The lowest BCUT2D eigenvalue weighted by atomic mass is 9.93. The summed E-state index contributed by atoms with van der Waals surface area (Å²) in [5, 5.41) is 13.8. The molecular formula is C31H50N4O8. The summed E-state index contributed by atoms with van der Waals surface area (Å²) in [6.45, 7) is 14.6. The first-order valence-corrected chi connectivity index (χ1v) is 15.1. The van der Waals surface area contributed by atoms with Crippen LogP contribution in [0.2, 0.25) is 0 Å². The summed E-state index contributed by atoms with van der Waals surface area (Å²) < 4.78 is 22.6. The van der Waals surface area contributed by atoms with Crippen molar-refractivity contribution in [3.8, 4) is 11.5 Å². The Labute approximate surface area is 255 Å². The number of fused-ring (bicyclic) bond motifs is 1. The van der Waals surface area contributed by atoms with Crippen molar-refractivity contribution < 1.29 is 38.4 Å². The summed E-state index contributed by atoms with van der Waals surface area (Å²) in [6.07, 6.45) is 0.611.